The molecule has 1 heterocycles. The second-order valence-electron chi connectivity index (χ2n) is 5.02. The fourth-order valence-electron chi connectivity index (χ4n) is 1.77. The molecule has 7 heteroatoms. The first-order chi connectivity index (χ1) is 8.82. The lowest BCUT2D eigenvalue weighted by Gasteiger charge is -2.34. The van der Waals surface area contributed by atoms with Crippen molar-refractivity contribution in [2.24, 2.45) is 5.92 Å². The van der Waals surface area contributed by atoms with E-state index in [-0.39, 0.29) is 20.5 Å². The van der Waals surface area contributed by atoms with Crippen LogP contribution in [0.1, 0.15) is 26.2 Å². The first-order valence-corrected chi connectivity index (χ1v) is 7.15. The van der Waals surface area contributed by atoms with Crippen LogP contribution in [0.5, 0.6) is 0 Å². The number of thiocarbonyl (C=S) groups is 2. The molecule has 0 bridgehead atoms. The first kappa shape index (κ1) is 16.1. The van der Waals surface area contributed by atoms with Gasteiger partial charge in [0.15, 0.2) is 0 Å². The van der Waals surface area contributed by atoms with Crippen LogP contribution in [-0.4, -0.2) is 47.0 Å². The molecule has 1 unspecified atom stereocenters. The highest BCUT2D eigenvalue weighted by atomic mass is 32.1. The summed E-state index contributed by atoms with van der Waals surface area (Å²) in [6.07, 6.45) is 3.16. The molecule has 1 saturated heterocycles. The summed E-state index contributed by atoms with van der Waals surface area (Å²) in [6, 6.07) is 0. The Balaban J connectivity index is 2.70. The number of hydrogen-bond acceptors (Lipinski definition) is 4. The predicted molar refractivity (Wildman–Crippen MR) is 81.5 cm³/mol. The fraction of sp³-hybridized carbons (Fsp3) is 0.667. The van der Waals surface area contributed by atoms with Gasteiger partial charge in [0.2, 0.25) is 5.92 Å². The summed E-state index contributed by atoms with van der Waals surface area (Å²) in [7, 11) is 3.30. The Morgan fingerprint density at radius 1 is 1.37 bits per heavy atom. The van der Waals surface area contributed by atoms with E-state index >= 15 is 0 Å². The van der Waals surface area contributed by atoms with Crippen LogP contribution in [0.15, 0.2) is 0 Å². The maximum atomic E-state index is 12.3. The molecule has 5 nitrogen and oxygen atoms in total. The van der Waals surface area contributed by atoms with E-state index < -0.39 is 11.8 Å². The number of nitrogens with zero attached hydrogens (tertiary/aromatic N) is 1. The first-order valence-electron chi connectivity index (χ1n) is 6.33. The van der Waals surface area contributed by atoms with Gasteiger partial charge in [0, 0.05) is 18.8 Å². The van der Waals surface area contributed by atoms with E-state index in [2.05, 4.69) is 17.6 Å². The zero-order valence-electron chi connectivity index (χ0n) is 11.5. The molecular weight excluding hydrogens is 282 g/mol. The van der Waals surface area contributed by atoms with Crippen molar-refractivity contribution >= 4 is 46.4 Å². The molecule has 1 rings (SSSR count). The molecular formula is C12H20N3O2S2+. The van der Waals surface area contributed by atoms with Crippen LogP contribution in [0.4, 0.5) is 0 Å². The third-order valence-electron chi connectivity index (χ3n) is 3.14. The number of rotatable bonds is 5. The molecule has 2 amide bonds. The highest BCUT2D eigenvalue weighted by Gasteiger charge is 2.49. The van der Waals surface area contributed by atoms with Crippen molar-refractivity contribution in [3.05, 3.63) is 0 Å². The summed E-state index contributed by atoms with van der Waals surface area (Å²) in [5.41, 5.74) is 0. The largest absolute Gasteiger partial charge is 0.378 e. The van der Waals surface area contributed by atoms with Crippen LogP contribution in [0.2, 0.25) is 0 Å². The maximum Gasteiger partial charge on any atom is 0.339 e. The van der Waals surface area contributed by atoms with Crippen LogP contribution in [0.3, 0.4) is 0 Å². The van der Waals surface area contributed by atoms with E-state index in [9.17, 15) is 9.59 Å². The summed E-state index contributed by atoms with van der Waals surface area (Å²) in [6.45, 7) is 2.79. The SMILES string of the molecule is CCCCCNC(=S)C1C(=O)NC(=S)[N+](C)(C)C1=O. The summed E-state index contributed by atoms with van der Waals surface area (Å²) in [4.78, 5) is 24.5. The normalized spacial score (nSPS) is 22.1. The van der Waals surface area contributed by atoms with E-state index in [4.69, 9.17) is 24.4 Å². The average Bonchev–Trinajstić information content (AvgIpc) is 2.33. The lowest BCUT2D eigenvalue weighted by molar-refractivity contribution is -0.720. The Morgan fingerprint density at radius 3 is 2.58 bits per heavy atom. The third-order valence-corrected chi connectivity index (χ3v) is 4.08. The molecule has 2 N–H and O–H groups in total. The number of unbranched alkanes of at least 4 members (excludes halogenated alkanes) is 2. The molecule has 0 aromatic heterocycles. The van der Waals surface area contributed by atoms with Gasteiger partial charge in [-0.05, 0) is 6.42 Å². The number of hydrogen-bond donors (Lipinski definition) is 2. The molecule has 19 heavy (non-hydrogen) atoms. The number of amides is 2. The van der Waals surface area contributed by atoms with Gasteiger partial charge in [0.05, 0.1) is 14.1 Å². The van der Waals surface area contributed by atoms with Crippen molar-refractivity contribution in [1.82, 2.24) is 10.6 Å². The smallest absolute Gasteiger partial charge is 0.339 e. The molecule has 0 radical (unpaired) electrons. The second-order valence-corrected chi connectivity index (χ2v) is 5.84. The summed E-state index contributed by atoms with van der Waals surface area (Å²) in [5.74, 6) is -1.67. The van der Waals surface area contributed by atoms with Crippen LogP contribution in [0, 0.1) is 5.92 Å². The standard InChI is InChI=1S/C12H19N3O2S2/c1-4-5-6-7-13-10(18)8-9(16)14-12(19)15(2,3)11(8)17/h8H,4-7H2,1-3H3,(H-,13,14,16,18,19)/p+1. The number of carbonyl (C=O) groups excluding carboxylic acids is 2. The number of quaternary nitrogens is 1. The summed E-state index contributed by atoms with van der Waals surface area (Å²) in [5, 5.41) is 5.75. The highest BCUT2D eigenvalue weighted by molar-refractivity contribution is 7.80. The van der Waals surface area contributed by atoms with Gasteiger partial charge in [-0.25, -0.2) is 9.28 Å². The van der Waals surface area contributed by atoms with Crippen LogP contribution in [-0.2, 0) is 9.59 Å². The zero-order valence-corrected chi connectivity index (χ0v) is 13.1. The van der Waals surface area contributed by atoms with Crippen molar-refractivity contribution in [2.75, 3.05) is 20.6 Å². The van der Waals surface area contributed by atoms with E-state index in [0.29, 0.717) is 6.54 Å². The minimum Gasteiger partial charge on any atom is -0.378 e. The van der Waals surface area contributed by atoms with Gasteiger partial charge in [-0.2, -0.15) is 0 Å². The minimum atomic E-state index is -0.946. The van der Waals surface area contributed by atoms with E-state index in [0.717, 1.165) is 19.3 Å². The molecule has 0 spiro atoms. The van der Waals surface area contributed by atoms with E-state index in [1.54, 1.807) is 14.1 Å². The zero-order chi connectivity index (χ0) is 14.6. The van der Waals surface area contributed by atoms with E-state index in [1.165, 1.54) is 0 Å². The summed E-state index contributed by atoms with van der Waals surface area (Å²) < 4.78 is -0.150. The molecule has 0 saturated carbocycles. The monoisotopic (exact) mass is 302 g/mol. The van der Waals surface area contributed by atoms with E-state index in [1.807, 2.05) is 0 Å². The Bertz CT molecular complexity index is 421. The average molecular weight is 302 g/mol. The molecule has 1 aliphatic rings. The molecule has 1 fully saturated rings. The minimum absolute atomic E-state index is 0.150. The van der Waals surface area contributed by atoms with Crippen molar-refractivity contribution in [3.63, 3.8) is 0 Å². The molecule has 0 aromatic carbocycles. The lowest BCUT2D eigenvalue weighted by atomic mass is 10.0. The summed E-state index contributed by atoms with van der Waals surface area (Å²) >= 11 is 10.2. The van der Waals surface area contributed by atoms with Crippen molar-refractivity contribution in [3.8, 4) is 0 Å². The van der Waals surface area contributed by atoms with Crippen LogP contribution >= 0.6 is 24.4 Å². The predicted octanol–water partition coefficient (Wildman–Crippen LogP) is 0.727. The van der Waals surface area contributed by atoms with Gasteiger partial charge in [-0.1, -0.05) is 32.0 Å². The molecule has 0 aliphatic carbocycles. The molecule has 106 valence electrons. The van der Waals surface area contributed by atoms with Gasteiger partial charge in [0.1, 0.15) is 4.99 Å². The maximum absolute atomic E-state index is 12.3. The third kappa shape index (κ3) is 3.55. The Morgan fingerprint density at radius 2 is 2.00 bits per heavy atom. The Hall–Kier alpha value is -0.920. The van der Waals surface area contributed by atoms with Crippen LogP contribution < -0.4 is 10.6 Å². The Labute approximate surface area is 124 Å². The number of nitrogens with one attached hydrogen (secondary N) is 2. The van der Waals surface area contributed by atoms with Gasteiger partial charge >= 0.3 is 5.91 Å². The van der Waals surface area contributed by atoms with Gasteiger partial charge in [0.25, 0.3) is 11.0 Å². The molecule has 1 aliphatic heterocycles. The fourth-order valence-corrected chi connectivity index (χ4v) is 2.27. The molecule has 1 atom stereocenters. The van der Waals surface area contributed by atoms with Gasteiger partial charge in [-0.3, -0.25) is 10.1 Å². The number of carbonyl (C=O) groups is 2. The van der Waals surface area contributed by atoms with Crippen LogP contribution in [0.25, 0.3) is 0 Å². The topological polar surface area (TPSA) is 58.2 Å². The Kier molecular flexibility index (Phi) is 5.51. The van der Waals surface area contributed by atoms with Gasteiger partial charge in [-0.15, -0.1) is 0 Å². The quantitative estimate of drug-likeness (QED) is 0.339. The van der Waals surface area contributed by atoms with Crippen molar-refractivity contribution < 1.29 is 14.1 Å². The van der Waals surface area contributed by atoms with Gasteiger partial charge < -0.3 is 5.32 Å². The second kappa shape index (κ2) is 6.49. The van der Waals surface area contributed by atoms with Crippen molar-refractivity contribution in [2.45, 2.75) is 26.2 Å². The lowest BCUT2D eigenvalue weighted by Crippen LogP contribution is -2.67. The highest BCUT2D eigenvalue weighted by Crippen LogP contribution is 2.16. The van der Waals surface area contributed by atoms with Crippen molar-refractivity contribution in [1.29, 1.82) is 0 Å². The molecule has 0 aromatic rings.